The second-order valence-electron chi connectivity index (χ2n) is 10.6. The zero-order chi connectivity index (χ0) is 20.3. The van der Waals surface area contributed by atoms with E-state index in [1.807, 2.05) is 39.8 Å². The van der Waals surface area contributed by atoms with Crippen LogP contribution in [0.4, 0.5) is 0 Å². The first-order valence-electron chi connectivity index (χ1n) is 9.46. The molecular weight excluding hydrogens is 325 g/mol. The summed E-state index contributed by atoms with van der Waals surface area (Å²) in [5.74, 6) is -0.0753. The van der Waals surface area contributed by atoms with Crippen LogP contribution in [0.1, 0.15) is 91.9 Å². The minimum absolute atomic E-state index is 0.199. The van der Waals surface area contributed by atoms with Crippen LogP contribution < -0.4 is 5.73 Å². The van der Waals surface area contributed by atoms with Gasteiger partial charge in [0, 0.05) is 0 Å². The highest BCUT2D eigenvalue weighted by molar-refractivity contribution is 6.47. The third kappa shape index (κ3) is 3.80. The van der Waals surface area contributed by atoms with Crippen LogP contribution in [0.5, 0.6) is 5.75 Å². The van der Waals surface area contributed by atoms with Crippen LogP contribution in [0.3, 0.4) is 0 Å². The average molecular weight is 361 g/mol. The van der Waals surface area contributed by atoms with E-state index in [-0.39, 0.29) is 10.8 Å². The first kappa shape index (κ1) is 21.3. The second kappa shape index (κ2) is 6.25. The Labute approximate surface area is 159 Å². The van der Waals surface area contributed by atoms with Gasteiger partial charge in [-0.3, -0.25) is 0 Å². The van der Waals surface area contributed by atoms with Crippen LogP contribution in [0.15, 0.2) is 12.1 Å². The van der Waals surface area contributed by atoms with E-state index in [1.165, 1.54) is 0 Å². The summed E-state index contributed by atoms with van der Waals surface area (Å²) in [5, 5.41) is 10.9. The summed E-state index contributed by atoms with van der Waals surface area (Å²) in [4.78, 5) is 0. The van der Waals surface area contributed by atoms with E-state index in [2.05, 4.69) is 41.5 Å². The lowest BCUT2D eigenvalue weighted by molar-refractivity contribution is 0.00578. The molecule has 146 valence electrons. The monoisotopic (exact) mass is 361 g/mol. The molecule has 26 heavy (non-hydrogen) atoms. The van der Waals surface area contributed by atoms with E-state index in [4.69, 9.17) is 15.0 Å². The molecule has 0 radical (unpaired) electrons. The molecule has 1 saturated heterocycles. The Kier molecular flexibility index (Phi) is 5.11. The number of hydrogen-bond donors (Lipinski definition) is 2. The smallest absolute Gasteiger partial charge is 0.480 e. The predicted octanol–water partition coefficient (Wildman–Crippen LogP) is 4.62. The van der Waals surface area contributed by atoms with Gasteiger partial charge in [-0.2, -0.15) is 0 Å². The predicted molar refractivity (Wildman–Crippen MR) is 109 cm³/mol. The number of nitrogens with two attached hydrogens (primary N) is 1. The summed E-state index contributed by atoms with van der Waals surface area (Å²) in [7, 11) is -0.523. The third-order valence-electron chi connectivity index (χ3n) is 5.70. The molecule has 1 aliphatic rings. The highest BCUT2D eigenvalue weighted by Crippen LogP contribution is 2.43. The van der Waals surface area contributed by atoms with Crippen molar-refractivity contribution in [1.82, 2.24) is 0 Å². The van der Waals surface area contributed by atoms with E-state index < -0.39 is 24.3 Å². The highest BCUT2D eigenvalue weighted by atomic mass is 16.7. The Balaban J connectivity index is 2.53. The maximum atomic E-state index is 10.9. The zero-order valence-electron chi connectivity index (χ0n) is 18.2. The molecule has 4 nitrogen and oxygen atoms in total. The molecule has 1 aliphatic heterocycles. The molecule has 0 saturated carbocycles. The van der Waals surface area contributed by atoms with E-state index >= 15 is 0 Å². The van der Waals surface area contributed by atoms with Gasteiger partial charge in [0.15, 0.2) is 0 Å². The number of aromatic hydroxyl groups is 1. The van der Waals surface area contributed by atoms with Gasteiger partial charge in [0.1, 0.15) is 5.75 Å². The van der Waals surface area contributed by atoms with E-state index in [1.54, 1.807) is 0 Å². The van der Waals surface area contributed by atoms with E-state index in [0.29, 0.717) is 5.75 Å². The lowest BCUT2D eigenvalue weighted by Gasteiger charge is -2.32. The van der Waals surface area contributed by atoms with Gasteiger partial charge in [0.25, 0.3) is 0 Å². The molecule has 0 unspecified atom stereocenters. The van der Waals surface area contributed by atoms with Gasteiger partial charge in [0.05, 0.1) is 17.1 Å². The first-order chi connectivity index (χ1) is 11.5. The maximum Gasteiger partial charge on any atom is 0.480 e. The fraction of sp³-hybridized carbons (Fsp3) is 0.714. The minimum Gasteiger partial charge on any atom is -0.507 e. The van der Waals surface area contributed by atoms with Crippen molar-refractivity contribution in [2.75, 3.05) is 0 Å². The summed E-state index contributed by atoms with van der Waals surface area (Å²) in [5.41, 5.74) is 8.06. The summed E-state index contributed by atoms with van der Waals surface area (Å²) in [6.45, 7) is 20.7. The molecule has 3 N–H and O–H groups in total. The largest absolute Gasteiger partial charge is 0.507 e. The average Bonchev–Trinajstić information content (AvgIpc) is 2.64. The minimum atomic E-state index is -0.523. The molecule has 0 amide bonds. The van der Waals surface area contributed by atoms with E-state index in [9.17, 15) is 5.11 Å². The van der Waals surface area contributed by atoms with Crippen LogP contribution >= 0.6 is 0 Å². The van der Waals surface area contributed by atoms with Gasteiger partial charge in [-0.1, -0.05) is 53.7 Å². The topological polar surface area (TPSA) is 64.7 Å². The van der Waals surface area contributed by atoms with Gasteiger partial charge < -0.3 is 20.1 Å². The SMILES string of the molecule is CC(C)(C)c1cc([C@@H](N)B2OC(C)(C)C(C)(C)O2)cc(C(C)(C)C)c1O. The Hall–Kier alpha value is -1.04. The summed E-state index contributed by atoms with van der Waals surface area (Å²) < 4.78 is 12.3. The van der Waals surface area contributed by atoms with Gasteiger partial charge >= 0.3 is 7.12 Å². The van der Waals surface area contributed by atoms with Gasteiger partial charge in [-0.15, -0.1) is 0 Å². The lowest BCUT2D eigenvalue weighted by atomic mass is 9.71. The van der Waals surface area contributed by atoms with Crippen molar-refractivity contribution in [2.24, 2.45) is 5.73 Å². The standard InChI is InChI=1S/C21H36BNO3/c1-18(2,3)14-11-13(12-15(16(14)24)19(4,5)6)17(23)22-25-20(7,8)21(9,10)26-22/h11-12,17,24H,23H2,1-10H3/t17-/m1/s1. The molecule has 1 aromatic rings. The van der Waals surface area contributed by atoms with Crippen LogP contribution in [0.2, 0.25) is 0 Å². The summed E-state index contributed by atoms with van der Waals surface area (Å²) in [6, 6.07) is 4.00. The molecule has 1 atom stereocenters. The Bertz CT molecular complexity index is 632. The molecular formula is C21H36BNO3. The van der Waals surface area contributed by atoms with Crippen LogP contribution in [-0.4, -0.2) is 23.4 Å². The highest BCUT2D eigenvalue weighted by Gasteiger charge is 2.53. The molecule has 5 heteroatoms. The lowest BCUT2D eigenvalue weighted by Crippen LogP contribution is -2.41. The number of rotatable bonds is 2. The normalized spacial score (nSPS) is 21.1. The van der Waals surface area contributed by atoms with Crippen molar-refractivity contribution in [1.29, 1.82) is 0 Å². The van der Waals surface area contributed by atoms with Gasteiger partial charge in [0.2, 0.25) is 0 Å². The molecule has 0 bridgehead atoms. The molecule has 1 heterocycles. The molecule has 0 aromatic heterocycles. The number of benzene rings is 1. The number of phenols is 1. The van der Waals surface area contributed by atoms with Crippen molar-refractivity contribution in [3.8, 4) is 5.75 Å². The third-order valence-corrected chi connectivity index (χ3v) is 5.70. The zero-order valence-corrected chi connectivity index (χ0v) is 18.2. The Morgan fingerprint density at radius 2 is 1.23 bits per heavy atom. The van der Waals surface area contributed by atoms with Gasteiger partial charge in [-0.05, 0) is 55.2 Å². The number of phenolic OH excluding ortho intramolecular Hbond substituents is 1. The molecule has 2 rings (SSSR count). The molecule has 0 spiro atoms. The molecule has 1 aromatic carbocycles. The van der Waals surface area contributed by atoms with Crippen LogP contribution in [0, 0.1) is 0 Å². The van der Waals surface area contributed by atoms with Gasteiger partial charge in [-0.25, -0.2) is 0 Å². The van der Waals surface area contributed by atoms with E-state index in [0.717, 1.165) is 16.7 Å². The second-order valence-corrected chi connectivity index (χ2v) is 10.6. The Morgan fingerprint density at radius 3 is 1.54 bits per heavy atom. The van der Waals surface area contributed by atoms with Crippen LogP contribution in [0.25, 0.3) is 0 Å². The quantitative estimate of drug-likeness (QED) is 0.755. The fourth-order valence-corrected chi connectivity index (χ4v) is 3.19. The van der Waals surface area contributed by atoms with Crippen LogP contribution in [-0.2, 0) is 20.1 Å². The number of hydrogen-bond acceptors (Lipinski definition) is 4. The fourth-order valence-electron chi connectivity index (χ4n) is 3.19. The summed E-state index contributed by atoms with van der Waals surface area (Å²) in [6.07, 6.45) is 0. The van der Waals surface area contributed by atoms with Crippen molar-refractivity contribution in [3.05, 3.63) is 28.8 Å². The van der Waals surface area contributed by atoms with Crippen molar-refractivity contribution in [2.45, 2.75) is 97.2 Å². The first-order valence-corrected chi connectivity index (χ1v) is 9.46. The van der Waals surface area contributed by atoms with Crippen molar-refractivity contribution in [3.63, 3.8) is 0 Å². The maximum absolute atomic E-state index is 10.9. The Morgan fingerprint density at radius 1 is 0.885 bits per heavy atom. The van der Waals surface area contributed by atoms with Crippen molar-refractivity contribution < 1.29 is 14.4 Å². The molecule has 1 fully saturated rings. The van der Waals surface area contributed by atoms with Crippen molar-refractivity contribution >= 4 is 7.12 Å². The summed E-state index contributed by atoms with van der Waals surface area (Å²) >= 11 is 0. The molecule has 0 aliphatic carbocycles.